The van der Waals surface area contributed by atoms with E-state index in [2.05, 4.69) is 13.8 Å². The highest BCUT2D eigenvalue weighted by Crippen LogP contribution is 2.19. The number of amides is 1. The quantitative estimate of drug-likeness (QED) is 0.852. The number of hydrogen-bond acceptors (Lipinski definition) is 4. The van der Waals surface area contributed by atoms with E-state index in [4.69, 9.17) is 11.6 Å². The van der Waals surface area contributed by atoms with Crippen LogP contribution in [0.4, 0.5) is 0 Å². The van der Waals surface area contributed by atoms with Gasteiger partial charge in [-0.1, -0.05) is 25.4 Å². The van der Waals surface area contributed by atoms with Gasteiger partial charge < -0.3 is 15.1 Å². The summed E-state index contributed by atoms with van der Waals surface area (Å²) in [5.74, 6) is 0.201. The summed E-state index contributed by atoms with van der Waals surface area (Å²) in [6, 6.07) is 6.86. The van der Waals surface area contributed by atoms with E-state index < -0.39 is 12.2 Å². The fraction of sp³-hybridized carbons (Fsp3) is 0.588. The van der Waals surface area contributed by atoms with Gasteiger partial charge in [0.05, 0.1) is 12.2 Å². The summed E-state index contributed by atoms with van der Waals surface area (Å²) < 4.78 is 0. The van der Waals surface area contributed by atoms with Crippen molar-refractivity contribution in [3.05, 3.63) is 34.9 Å². The second-order valence-corrected chi connectivity index (χ2v) is 7.02. The molecule has 1 aromatic carbocycles. The monoisotopic (exact) mass is 340 g/mol. The van der Waals surface area contributed by atoms with Crippen LogP contribution >= 0.6 is 11.6 Å². The zero-order chi connectivity index (χ0) is 17.1. The fourth-order valence-corrected chi connectivity index (χ4v) is 3.11. The van der Waals surface area contributed by atoms with E-state index in [1.54, 1.807) is 36.2 Å². The highest BCUT2D eigenvalue weighted by Gasteiger charge is 2.33. The lowest BCUT2D eigenvalue weighted by molar-refractivity contribution is 0.0572. The molecule has 0 saturated carbocycles. The van der Waals surface area contributed by atoms with Crippen molar-refractivity contribution in [1.29, 1.82) is 0 Å². The van der Waals surface area contributed by atoms with Gasteiger partial charge in [0.2, 0.25) is 0 Å². The summed E-state index contributed by atoms with van der Waals surface area (Å²) in [4.78, 5) is 16.4. The first kappa shape index (κ1) is 18.2. The summed E-state index contributed by atoms with van der Waals surface area (Å²) >= 11 is 5.87. The maximum atomic E-state index is 12.7. The van der Waals surface area contributed by atoms with E-state index in [1.165, 1.54) is 0 Å². The van der Waals surface area contributed by atoms with Crippen LogP contribution in [0.2, 0.25) is 5.02 Å². The number of aliphatic hydroxyl groups is 2. The average molecular weight is 341 g/mol. The Labute approximate surface area is 142 Å². The van der Waals surface area contributed by atoms with Gasteiger partial charge in [0, 0.05) is 43.3 Å². The summed E-state index contributed by atoms with van der Waals surface area (Å²) in [5.41, 5.74) is 0.601. The Kier molecular flexibility index (Phi) is 6.03. The van der Waals surface area contributed by atoms with E-state index in [0.717, 1.165) is 0 Å². The van der Waals surface area contributed by atoms with E-state index in [-0.39, 0.29) is 17.9 Å². The molecule has 1 saturated heterocycles. The summed E-state index contributed by atoms with van der Waals surface area (Å²) in [6.45, 7) is 5.64. The first-order chi connectivity index (χ1) is 10.8. The lowest BCUT2D eigenvalue weighted by Crippen LogP contribution is -2.47. The van der Waals surface area contributed by atoms with Crippen molar-refractivity contribution in [2.75, 3.05) is 26.7 Å². The zero-order valence-electron chi connectivity index (χ0n) is 13.8. The van der Waals surface area contributed by atoms with Crippen molar-refractivity contribution < 1.29 is 15.0 Å². The van der Waals surface area contributed by atoms with Crippen LogP contribution < -0.4 is 0 Å². The molecule has 23 heavy (non-hydrogen) atoms. The van der Waals surface area contributed by atoms with E-state index in [0.29, 0.717) is 30.2 Å². The van der Waals surface area contributed by atoms with Crippen molar-refractivity contribution in [3.8, 4) is 0 Å². The number of likely N-dealkylation sites (tertiary alicyclic amines) is 1. The smallest absolute Gasteiger partial charge is 0.253 e. The first-order valence-electron chi connectivity index (χ1n) is 7.90. The second kappa shape index (κ2) is 7.62. The molecule has 0 spiro atoms. The Morgan fingerprint density at radius 1 is 1.26 bits per heavy atom. The molecule has 1 aliphatic heterocycles. The minimum absolute atomic E-state index is 0.00400. The number of carbonyl (C=O) groups excluding carboxylic acids is 1. The second-order valence-electron chi connectivity index (χ2n) is 6.59. The SMILES string of the molecule is CC(C)C(CN1C[C@H](O)[C@@H](O)C1)N(C)C(=O)c1ccc(Cl)cc1. The number of benzene rings is 1. The molecule has 2 rings (SSSR count). The number of nitrogens with zero attached hydrogens (tertiary/aromatic N) is 2. The molecule has 1 unspecified atom stereocenters. The van der Waals surface area contributed by atoms with Crippen LogP contribution in [-0.4, -0.2) is 70.9 Å². The lowest BCUT2D eigenvalue weighted by Gasteiger charge is -2.34. The van der Waals surface area contributed by atoms with Crippen LogP contribution in [0.25, 0.3) is 0 Å². The van der Waals surface area contributed by atoms with Crippen molar-refractivity contribution in [3.63, 3.8) is 0 Å². The number of likely N-dealkylation sites (N-methyl/N-ethyl adjacent to an activating group) is 1. The molecule has 0 bridgehead atoms. The largest absolute Gasteiger partial charge is 0.389 e. The third-order valence-corrected chi connectivity index (χ3v) is 4.71. The lowest BCUT2D eigenvalue weighted by atomic mass is 10.0. The summed E-state index contributed by atoms with van der Waals surface area (Å²) in [5, 5.41) is 20.0. The normalized spacial score (nSPS) is 23.3. The number of carbonyl (C=O) groups is 1. The molecule has 1 aromatic rings. The highest BCUT2D eigenvalue weighted by molar-refractivity contribution is 6.30. The number of aliphatic hydroxyl groups excluding tert-OH is 2. The Bertz CT molecular complexity index is 525. The molecular formula is C17H25ClN2O3. The van der Waals surface area contributed by atoms with Crippen LogP contribution in [0.3, 0.4) is 0 Å². The predicted molar refractivity (Wildman–Crippen MR) is 90.6 cm³/mol. The molecule has 1 amide bonds. The van der Waals surface area contributed by atoms with E-state index >= 15 is 0 Å². The van der Waals surface area contributed by atoms with Crippen molar-refractivity contribution in [2.24, 2.45) is 5.92 Å². The predicted octanol–water partition coefficient (Wildman–Crippen LogP) is 1.47. The summed E-state index contributed by atoms with van der Waals surface area (Å²) in [7, 11) is 1.80. The Balaban J connectivity index is 2.07. The molecule has 0 radical (unpaired) electrons. The molecule has 128 valence electrons. The number of hydrogen-bond donors (Lipinski definition) is 2. The van der Waals surface area contributed by atoms with Crippen LogP contribution in [0, 0.1) is 5.92 Å². The molecule has 3 atom stereocenters. The molecular weight excluding hydrogens is 316 g/mol. The maximum Gasteiger partial charge on any atom is 0.253 e. The molecule has 1 fully saturated rings. The van der Waals surface area contributed by atoms with Gasteiger partial charge in [0.15, 0.2) is 0 Å². The molecule has 5 nitrogen and oxygen atoms in total. The highest BCUT2D eigenvalue weighted by atomic mass is 35.5. The third-order valence-electron chi connectivity index (χ3n) is 4.46. The van der Waals surface area contributed by atoms with Gasteiger partial charge in [-0.05, 0) is 30.2 Å². The van der Waals surface area contributed by atoms with Crippen molar-refractivity contribution in [2.45, 2.75) is 32.1 Å². The van der Waals surface area contributed by atoms with Gasteiger partial charge in [-0.2, -0.15) is 0 Å². The van der Waals surface area contributed by atoms with Gasteiger partial charge >= 0.3 is 0 Å². The fourth-order valence-electron chi connectivity index (χ4n) is 2.99. The van der Waals surface area contributed by atoms with E-state index in [1.807, 2.05) is 4.90 Å². The third kappa shape index (κ3) is 4.44. The standard InChI is InChI=1S/C17H25ClN2O3/c1-11(2)14(8-20-9-15(21)16(22)10-20)19(3)17(23)12-4-6-13(18)7-5-12/h4-7,11,14-16,21-22H,8-10H2,1-3H3/t14?,15-,16-/m0/s1. The van der Waals surface area contributed by atoms with Crippen molar-refractivity contribution in [1.82, 2.24) is 9.80 Å². The van der Waals surface area contributed by atoms with Gasteiger partial charge in [-0.3, -0.25) is 9.69 Å². The van der Waals surface area contributed by atoms with Gasteiger partial charge in [-0.25, -0.2) is 0 Å². The Morgan fingerprint density at radius 3 is 2.26 bits per heavy atom. The molecule has 0 aromatic heterocycles. The van der Waals surface area contributed by atoms with Crippen LogP contribution in [0.1, 0.15) is 24.2 Å². The van der Waals surface area contributed by atoms with Gasteiger partial charge in [0.1, 0.15) is 0 Å². The molecule has 1 heterocycles. The Hall–Kier alpha value is -1.14. The number of β-amino-alcohol motifs (C(OH)–C–C–N with tert-alkyl or cyclic N) is 2. The topological polar surface area (TPSA) is 64.0 Å². The molecule has 0 aliphatic carbocycles. The van der Waals surface area contributed by atoms with Crippen LogP contribution in [0.5, 0.6) is 0 Å². The summed E-state index contributed by atoms with van der Waals surface area (Å²) in [6.07, 6.45) is -1.42. The maximum absolute atomic E-state index is 12.7. The van der Waals surface area contributed by atoms with Gasteiger partial charge in [0.25, 0.3) is 5.91 Å². The van der Waals surface area contributed by atoms with Crippen LogP contribution in [-0.2, 0) is 0 Å². The number of rotatable bonds is 5. The van der Waals surface area contributed by atoms with E-state index in [9.17, 15) is 15.0 Å². The van der Waals surface area contributed by atoms with Crippen LogP contribution in [0.15, 0.2) is 24.3 Å². The van der Waals surface area contributed by atoms with Gasteiger partial charge in [-0.15, -0.1) is 0 Å². The minimum Gasteiger partial charge on any atom is -0.389 e. The zero-order valence-corrected chi connectivity index (χ0v) is 14.6. The van der Waals surface area contributed by atoms with Crippen molar-refractivity contribution >= 4 is 17.5 Å². The minimum atomic E-state index is -0.708. The first-order valence-corrected chi connectivity index (χ1v) is 8.28. The number of halogens is 1. The molecule has 1 aliphatic rings. The Morgan fingerprint density at radius 2 is 1.78 bits per heavy atom. The average Bonchev–Trinajstić information content (AvgIpc) is 2.82. The molecule has 2 N–H and O–H groups in total. The molecule has 6 heteroatoms.